The summed E-state index contributed by atoms with van der Waals surface area (Å²) in [6.45, 7) is 3.48. The number of carbonyl (C=O) groups excluding carboxylic acids is 1. The molecule has 4 atom stereocenters. The van der Waals surface area contributed by atoms with Gasteiger partial charge in [-0.15, -0.1) is 11.8 Å². The zero-order valence-electron chi connectivity index (χ0n) is 10.9. The first-order chi connectivity index (χ1) is 8.88. The van der Waals surface area contributed by atoms with Crippen molar-refractivity contribution in [3.05, 3.63) is 10.6 Å². The summed E-state index contributed by atoms with van der Waals surface area (Å²) in [5.41, 5.74) is 5.88. The zero-order chi connectivity index (χ0) is 14.3. The van der Waals surface area contributed by atoms with Gasteiger partial charge in [0, 0.05) is 11.3 Å². The molecule has 0 bridgehead atoms. The number of carboxylic acid groups (broad SMARTS) is 1. The second kappa shape index (κ2) is 5.15. The van der Waals surface area contributed by atoms with E-state index in [2.05, 4.69) is 0 Å². The van der Waals surface area contributed by atoms with Crippen LogP contribution in [0.5, 0.6) is 0 Å². The average molecular weight is 286 g/mol. The zero-order valence-corrected chi connectivity index (χ0v) is 11.7. The van der Waals surface area contributed by atoms with Gasteiger partial charge in [-0.25, -0.2) is 4.79 Å². The largest absolute Gasteiger partial charge is 0.477 e. The highest BCUT2D eigenvalue weighted by atomic mass is 32.2. The van der Waals surface area contributed by atoms with Crippen LogP contribution in [0, 0.1) is 5.92 Å². The molecule has 2 rings (SSSR count). The van der Waals surface area contributed by atoms with E-state index in [9.17, 15) is 19.8 Å². The van der Waals surface area contributed by atoms with Crippen molar-refractivity contribution < 1.29 is 19.8 Å². The topological polar surface area (TPSA) is 104 Å². The van der Waals surface area contributed by atoms with E-state index in [-0.39, 0.29) is 23.0 Å². The number of β-lactam (4-membered cyclic amide) rings is 1. The molecule has 1 unspecified atom stereocenters. The molecular formula is C12H18N2O4S. The van der Waals surface area contributed by atoms with Crippen molar-refractivity contribution in [1.29, 1.82) is 0 Å². The summed E-state index contributed by atoms with van der Waals surface area (Å²) in [6.07, 6.45) is 0.439. The van der Waals surface area contributed by atoms with Crippen molar-refractivity contribution in [2.75, 3.05) is 0 Å². The maximum Gasteiger partial charge on any atom is 0.353 e. The number of hydrogen-bond acceptors (Lipinski definition) is 5. The number of nitrogens with zero attached hydrogens (tertiary/aromatic N) is 1. The Morgan fingerprint density at radius 1 is 1.63 bits per heavy atom. The van der Waals surface area contributed by atoms with E-state index in [0.717, 1.165) is 6.42 Å². The van der Waals surface area contributed by atoms with Gasteiger partial charge in [0.1, 0.15) is 5.70 Å². The molecule has 1 saturated heterocycles. The van der Waals surface area contributed by atoms with E-state index < -0.39 is 18.0 Å². The van der Waals surface area contributed by atoms with E-state index in [1.54, 1.807) is 6.92 Å². The number of amides is 1. The molecule has 2 aliphatic rings. The Morgan fingerprint density at radius 2 is 2.26 bits per heavy atom. The van der Waals surface area contributed by atoms with Crippen LogP contribution in [0.1, 0.15) is 26.7 Å². The lowest BCUT2D eigenvalue weighted by atomic mass is 9.83. The normalized spacial score (nSPS) is 29.1. The number of aliphatic carboxylic acids is 1. The minimum atomic E-state index is -1.11. The van der Waals surface area contributed by atoms with Crippen molar-refractivity contribution in [2.24, 2.45) is 11.7 Å². The maximum absolute atomic E-state index is 11.9. The quantitative estimate of drug-likeness (QED) is 0.497. The van der Waals surface area contributed by atoms with Gasteiger partial charge in [0.15, 0.2) is 0 Å². The molecule has 1 amide bonds. The average Bonchev–Trinajstić information content (AvgIpc) is 2.63. The van der Waals surface area contributed by atoms with Crippen LogP contribution >= 0.6 is 11.8 Å². The first-order valence-corrected chi connectivity index (χ1v) is 7.16. The summed E-state index contributed by atoms with van der Waals surface area (Å²) in [7, 11) is 0. The summed E-state index contributed by atoms with van der Waals surface area (Å²) < 4.78 is 0. The standard InChI is InChI=1S/C12H18N2O4S/c1-3-8(13)19-7-4-6-9(5(2)15)11(16)14(6)10(7)12(17)18/h5-6,8-9,15H,3-4,13H2,1-2H3,(H,17,18)/t5-,6-,8?,9-/m1/s1. The lowest BCUT2D eigenvalue weighted by Gasteiger charge is -2.44. The number of carboxylic acids is 1. The first-order valence-electron chi connectivity index (χ1n) is 6.28. The minimum Gasteiger partial charge on any atom is -0.477 e. The molecule has 0 radical (unpaired) electrons. The van der Waals surface area contributed by atoms with Gasteiger partial charge < -0.3 is 20.8 Å². The monoisotopic (exact) mass is 286 g/mol. The van der Waals surface area contributed by atoms with Crippen LogP contribution in [-0.4, -0.2) is 44.5 Å². The van der Waals surface area contributed by atoms with Crippen LogP contribution in [-0.2, 0) is 9.59 Å². The number of nitrogens with two attached hydrogens (primary N) is 1. The van der Waals surface area contributed by atoms with E-state index >= 15 is 0 Å². The lowest BCUT2D eigenvalue weighted by Crippen LogP contribution is -2.61. The van der Waals surface area contributed by atoms with Crippen LogP contribution in [0.25, 0.3) is 0 Å². The molecule has 0 aromatic carbocycles. The predicted octanol–water partition coefficient (Wildman–Crippen LogP) is 0.322. The van der Waals surface area contributed by atoms with Crippen molar-refractivity contribution in [1.82, 2.24) is 4.90 Å². The summed E-state index contributed by atoms with van der Waals surface area (Å²) in [4.78, 5) is 25.2. The summed E-state index contributed by atoms with van der Waals surface area (Å²) in [5, 5.41) is 18.7. The summed E-state index contributed by atoms with van der Waals surface area (Å²) in [5.74, 6) is -1.91. The number of rotatable bonds is 5. The molecule has 0 aromatic heterocycles. The fraction of sp³-hybridized carbons (Fsp3) is 0.667. The number of fused-ring (bicyclic) bond motifs is 1. The van der Waals surface area contributed by atoms with Gasteiger partial charge >= 0.3 is 5.97 Å². The SMILES string of the molecule is CCC(N)SC1=C(C(=O)O)N2C(=O)[C@H]([C@@H](C)O)[C@H]2C1. The molecule has 6 nitrogen and oxygen atoms in total. The van der Waals surface area contributed by atoms with Crippen molar-refractivity contribution in [2.45, 2.75) is 44.2 Å². The molecule has 106 valence electrons. The Hall–Kier alpha value is -1.05. The van der Waals surface area contributed by atoms with Gasteiger partial charge in [0.2, 0.25) is 5.91 Å². The summed E-state index contributed by atoms with van der Waals surface area (Å²) >= 11 is 1.31. The number of carbonyl (C=O) groups is 2. The molecule has 4 N–H and O–H groups in total. The molecule has 0 spiro atoms. The Labute approximate surface area is 115 Å². The molecular weight excluding hydrogens is 268 g/mol. The van der Waals surface area contributed by atoms with Gasteiger partial charge in [0.25, 0.3) is 0 Å². The Bertz CT molecular complexity index is 449. The van der Waals surface area contributed by atoms with Gasteiger partial charge in [-0.1, -0.05) is 6.92 Å². The maximum atomic E-state index is 11.9. The molecule has 19 heavy (non-hydrogen) atoms. The minimum absolute atomic E-state index is 0.0424. The van der Waals surface area contributed by atoms with Crippen LogP contribution < -0.4 is 5.73 Å². The van der Waals surface area contributed by atoms with Gasteiger partial charge in [-0.05, 0) is 13.3 Å². The molecule has 1 fully saturated rings. The number of thioether (sulfide) groups is 1. The van der Waals surface area contributed by atoms with Crippen LogP contribution in [0.2, 0.25) is 0 Å². The molecule has 2 aliphatic heterocycles. The number of aliphatic hydroxyl groups excluding tert-OH is 1. The molecule has 0 aromatic rings. The molecule has 7 heteroatoms. The predicted molar refractivity (Wildman–Crippen MR) is 70.9 cm³/mol. The Balaban J connectivity index is 2.24. The number of hydrogen-bond donors (Lipinski definition) is 3. The van der Waals surface area contributed by atoms with Crippen molar-refractivity contribution in [3.8, 4) is 0 Å². The molecule has 0 aliphatic carbocycles. The van der Waals surface area contributed by atoms with Gasteiger partial charge in [-0.2, -0.15) is 0 Å². The summed E-state index contributed by atoms with van der Waals surface area (Å²) in [6, 6.07) is -0.231. The van der Waals surface area contributed by atoms with Crippen LogP contribution in [0.4, 0.5) is 0 Å². The smallest absolute Gasteiger partial charge is 0.353 e. The fourth-order valence-electron chi connectivity index (χ4n) is 2.60. The third-order valence-electron chi connectivity index (χ3n) is 3.59. The highest BCUT2D eigenvalue weighted by Crippen LogP contribution is 2.47. The Kier molecular flexibility index (Phi) is 3.89. The molecule has 0 saturated carbocycles. The van der Waals surface area contributed by atoms with Crippen LogP contribution in [0.3, 0.4) is 0 Å². The van der Waals surface area contributed by atoms with Crippen molar-refractivity contribution >= 4 is 23.6 Å². The Morgan fingerprint density at radius 3 is 2.74 bits per heavy atom. The van der Waals surface area contributed by atoms with E-state index in [1.807, 2.05) is 6.92 Å². The van der Waals surface area contributed by atoms with Gasteiger partial charge in [0.05, 0.1) is 23.4 Å². The van der Waals surface area contributed by atoms with Gasteiger partial charge in [-0.3, -0.25) is 4.79 Å². The van der Waals surface area contributed by atoms with E-state index in [1.165, 1.54) is 16.7 Å². The highest BCUT2D eigenvalue weighted by molar-refractivity contribution is 8.03. The third kappa shape index (κ3) is 2.26. The van der Waals surface area contributed by atoms with E-state index in [4.69, 9.17) is 5.73 Å². The fourth-order valence-corrected chi connectivity index (χ4v) is 3.70. The van der Waals surface area contributed by atoms with E-state index in [0.29, 0.717) is 11.3 Å². The second-order valence-corrected chi connectivity index (χ2v) is 6.22. The lowest BCUT2D eigenvalue weighted by molar-refractivity contribution is -0.161. The van der Waals surface area contributed by atoms with Crippen molar-refractivity contribution in [3.63, 3.8) is 0 Å². The van der Waals surface area contributed by atoms with Crippen LogP contribution in [0.15, 0.2) is 10.6 Å². The molecule has 2 heterocycles. The highest BCUT2D eigenvalue weighted by Gasteiger charge is 2.56. The second-order valence-electron chi connectivity index (χ2n) is 4.89. The first kappa shape index (κ1) is 14.4. The third-order valence-corrected chi connectivity index (χ3v) is 4.87. The number of aliphatic hydroxyl groups is 1.